The summed E-state index contributed by atoms with van der Waals surface area (Å²) in [5.41, 5.74) is 0. The molecular formula is C15H22N2O2S. The number of carboxylic acids is 1. The van der Waals surface area contributed by atoms with E-state index >= 15 is 0 Å². The largest absolute Gasteiger partial charge is 0.481 e. The number of nitrogens with zero attached hydrogens (tertiary/aromatic N) is 1. The maximum atomic E-state index is 11.1. The lowest BCUT2D eigenvalue weighted by Gasteiger charge is -2.36. The number of hydrogen-bond donors (Lipinski definition) is 2. The van der Waals surface area contributed by atoms with Crippen molar-refractivity contribution >= 4 is 17.3 Å². The van der Waals surface area contributed by atoms with Crippen LogP contribution in [0, 0.1) is 0 Å². The lowest BCUT2D eigenvalue weighted by molar-refractivity contribution is -0.137. The first-order valence-electron chi connectivity index (χ1n) is 7.47. The van der Waals surface area contributed by atoms with Gasteiger partial charge in [0, 0.05) is 17.0 Å². The van der Waals surface area contributed by atoms with Crippen molar-refractivity contribution in [3.8, 4) is 0 Å². The molecule has 3 rings (SSSR count). The molecule has 3 atom stereocenters. The number of rotatable bonds is 5. The molecule has 0 saturated carbocycles. The van der Waals surface area contributed by atoms with Gasteiger partial charge in [-0.2, -0.15) is 0 Å². The Morgan fingerprint density at radius 3 is 3.15 bits per heavy atom. The van der Waals surface area contributed by atoms with Crippen LogP contribution in [0.2, 0.25) is 0 Å². The second kappa shape index (κ2) is 6.24. The SMILES string of the molecule is O=C(O)CC(NC1CCN2CCCC2C1)c1cccs1. The minimum absolute atomic E-state index is 0.0366. The smallest absolute Gasteiger partial charge is 0.305 e. The zero-order valence-corrected chi connectivity index (χ0v) is 12.4. The number of fused-ring (bicyclic) bond motifs is 1. The van der Waals surface area contributed by atoms with Gasteiger partial charge < -0.3 is 15.3 Å². The van der Waals surface area contributed by atoms with Gasteiger partial charge in [0.2, 0.25) is 0 Å². The van der Waals surface area contributed by atoms with Crippen LogP contribution in [0.5, 0.6) is 0 Å². The van der Waals surface area contributed by atoms with Crippen LogP contribution in [-0.4, -0.2) is 41.1 Å². The minimum Gasteiger partial charge on any atom is -0.481 e. The first kappa shape index (κ1) is 14.0. The molecule has 0 aliphatic carbocycles. The van der Waals surface area contributed by atoms with E-state index in [1.165, 1.54) is 25.8 Å². The highest BCUT2D eigenvalue weighted by Gasteiger charge is 2.33. The fraction of sp³-hybridized carbons (Fsp3) is 0.667. The molecule has 5 heteroatoms. The molecule has 20 heavy (non-hydrogen) atoms. The van der Waals surface area contributed by atoms with Crippen molar-refractivity contribution in [1.82, 2.24) is 10.2 Å². The van der Waals surface area contributed by atoms with Gasteiger partial charge in [0.15, 0.2) is 0 Å². The van der Waals surface area contributed by atoms with E-state index in [2.05, 4.69) is 10.2 Å². The van der Waals surface area contributed by atoms with E-state index in [1.54, 1.807) is 11.3 Å². The van der Waals surface area contributed by atoms with Crippen molar-refractivity contribution in [1.29, 1.82) is 0 Å². The number of thiophene rings is 1. The van der Waals surface area contributed by atoms with Gasteiger partial charge in [0.25, 0.3) is 0 Å². The van der Waals surface area contributed by atoms with Crippen LogP contribution < -0.4 is 5.32 Å². The van der Waals surface area contributed by atoms with Crippen LogP contribution in [0.1, 0.15) is 43.0 Å². The fourth-order valence-electron chi connectivity index (χ4n) is 3.57. The summed E-state index contributed by atoms with van der Waals surface area (Å²) in [5, 5.41) is 14.7. The summed E-state index contributed by atoms with van der Waals surface area (Å²) < 4.78 is 0. The Bertz CT molecular complexity index is 449. The predicted octanol–water partition coefficient (Wildman–Crippen LogP) is 2.48. The summed E-state index contributed by atoms with van der Waals surface area (Å²) in [5.74, 6) is -0.728. The number of carbonyl (C=O) groups is 1. The Kier molecular flexibility index (Phi) is 4.38. The minimum atomic E-state index is -0.728. The molecule has 2 saturated heterocycles. The lowest BCUT2D eigenvalue weighted by atomic mass is 9.96. The quantitative estimate of drug-likeness (QED) is 0.876. The molecular weight excluding hydrogens is 272 g/mol. The molecule has 1 aromatic rings. The van der Waals surface area contributed by atoms with E-state index in [1.807, 2.05) is 17.5 Å². The normalized spacial score (nSPS) is 28.2. The van der Waals surface area contributed by atoms with Crippen molar-refractivity contribution in [2.24, 2.45) is 0 Å². The molecule has 2 aliphatic heterocycles. The van der Waals surface area contributed by atoms with Gasteiger partial charge in [0.1, 0.15) is 0 Å². The second-order valence-electron chi connectivity index (χ2n) is 5.89. The molecule has 0 spiro atoms. The van der Waals surface area contributed by atoms with Crippen LogP contribution in [-0.2, 0) is 4.79 Å². The van der Waals surface area contributed by atoms with Gasteiger partial charge in [-0.25, -0.2) is 0 Å². The highest BCUT2D eigenvalue weighted by Crippen LogP contribution is 2.29. The zero-order valence-electron chi connectivity index (χ0n) is 11.6. The summed E-state index contributed by atoms with van der Waals surface area (Å²) in [4.78, 5) is 14.8. The third-order valence-corrected chi connectivity index (χ3v) is 5.51. The Labute approximate surface area is 123 Å². The van der Waals surface area contributed by atoms with E-state index in [0.29, 0.717) is 6.04 Å². The number of carboxylic acid groups (broad SMARTS) is 1. The third-order valence-electron chi connectivity index (χ3n) is 4.52. The average molecular weight is 294 g/mol. The van der Waals surface area contributed by atoms with Gasteiger partial charge in [-0.3, -0.25) is 4.79 Å². The van der Waals surface area contributed by atoms with Crippen molar-refractivity contribution in [2.75, 3.05) is 13.1 Å². The summed E-state index contributed by atoms with van der Waals surface area (Å²) in [6.45, 7) is 2.41. The molecule has 0 radical (unpaired) electrons. The summed E-state index contributed by atoms with van der Waals surface area (Å²) >= 11 is 1.64. The van der Waals surface area contributed by atoms with E-state index in [9.17, 15) is 4.79 Å². The zero-order chi connectivity index (χ0) is 13.9. The second-order valence-corrected chi connectivity index (χ2v) is 6.87. The Hall–Kier alpha value is -0.910. The van der Waals surface area contributed by atoms with Crippen LogP contribution in [0.25, 0.3) is 0 Å². The van der Waals surface area contributed by atoms with E-state index < -0.39 is 5.97 Å². The van der Waals surface area contributed by atoms with E-state index in [4.69, 9.17) is 5.11 Å². The first-order valence-corrected chi connectivity index (χ1v) is 8.35. The van der Waals surface area contributed by atoms with Crippen molar-refractivity contribution in [3.63, 3.8) is 0 Å². The number of piperidine rings is 1. The van der Waals surface area contributed by atoms with E-state index in [0.717, 1.165) is 23.9 Å². The maximum absolute atomic E-state index is 11.1. The number of aliphatic carboxylic acids is 1. The highest BCUT2D eigenvalue weighted by molar-refractivity contribution is 7.10. The summed E-state index contributed by atoms with van der Waals surface area (Å²) in [7, 11) is 0. The number of hydrogen-bond acceptors (Lipinski definition) is 4. The first-order chi connectivity index (χ1) is 9.72. The molecule has 0 bridgehead atoms. The van der Waals surface area contributed by atoms with Gasteiger partial charge in [-0.15, -0.1) is 11.3 Å². The van der Waals surface area contributed by atoms with Crippen LogP contribution in [0.4, 0.5) is 0 Å². The molecule has 3 heterocycles. The van der Waals surface area contributed by atoms with Crippen LogP contribution >= 0.6 is 11.3 Å². The van der Waals surface area contributed by atoms with Gasteiger partial charge in [-0.05, 0) is 50.2 Å². The van der Waals surface area contributed by atoms with E-state index in [-0.39, 0.29) is 12.5 Å². The molecule has 110 valence electrons. The predicted molar refractivity (Wildman–Crippen MR) is 80.1 cm³/mol. The standard InChI is InChI=1S/C15H22N2O2S/c18-15(19)10-13(14-4-2-8-20-14)16-11-5-7-17-6-1-3-12(17)9-11/h2,4,8,11-13,16H,1,3,5-7,9-10H2,(H,18,19). The van der Waals surface area contributed by atoms with Crippen molar-refractivity contribution in [2.45, 2.75) is 50.2 Å². The van der Waals surface area contributed by atoms with Crippen molar-refractivity contribution < 1.29 is 9.90 Å². The molecule has 2 aliphatic rings. The molecule has 2 N–H and O–H groups in total. The number of nitrogens with one attached hydrogen (secondary N) is 1. The molecule has 1 aromatic heterocycles. The maximum Gasteiger partial charge on any atom is 0.305 e. The lowest BCUT2D eigenvalue weighted by Crippen LogP contribution is -2.46. The fourth-order valence-corrected chi connectivity index (χ4v) is 4.35. The van der Waals surface area contributed by atoms with Crippen LogP contribution in [0.15, 0.2) is 17.5 Å². The molecule has 0 aromatic carbocycles. The Morgan fingerprint density at radius 2 is 2.40 bits per heavy atom. The van der Waals surface area contributed by atoms with Crippen LogP contribution in [0.3, 0.4) is 0 Å². The topological polar surface area (TPSA) is 52.6 Å². The Balaban J connectivity index is 1.62. The van der Waals surface area contributed by atoms with Gasteiger partial charge in [-0.1, -0.05) is 6.07 Å². The summed E-state index contributed by atoms with van der Waals surface area (Å²) in [6, 6.07) is 5.17. The van der Waals surface area contributed by atoms with Crippen molar-refractivity contribution in [3.05, 3.63) is 22.4 Å². The molecule has 0 amide bonds. The molecule has 3 unspecified atom stereocenters. The highest BCUT2D eigenvalue weighted by atomic mass is 32.1. The summed E-state index contributed by atoms with van der Waals surface area (Å²) in [6.07, 6.45) is 5.10. The Morgan fingerprint density at radius 1 is 1.50 bits per heavy atom. The monoisotopic (exact) mass is 294 g/mol. The van der Waals surface area contributed by atoms with Gasteiger partial charge in [0.05, 0.1) is 12.5 Å². The van der Waals surface area contributed by atoms with Gasteiger partial charge >= 0.3 is 5.97 Å². The molecule has 2 fully saturated rings. The molecule has 4 nitrogen and oxygen atoms in total. The third kappa shape index (κ3) is 3.22. The average Bonchev–Trinajstić information content (AvgIpc) is 3.08.